The smallest absolute Gasteiger partial charge is 0.126 e. The van der Waals surface area contributed by atoms with Gasteiger partial charge in [-0.3, -0.25) is 0 Å². The minimum absolute atomic E-state index is 0.246. The lowest BCUT2D eigenvalue weighted by Crippen LogP contribution is -2.19. The summed E-state index contributed by atoms with van der Waals surface area (Å²) >= 11 is 0. The zero-order valence-corrected chi connectivity index (χ0v) is 8.29. The van der Waals surface area contributed by atoms with Crippen molar-refractivity contribution in [1.82, 2.24) is 5.32 Å². The highest BCUT2D eigenvalue weighted by Crippen LogP contribution is 2.25. The highest BCUT2D eigenvalue weighted by atomic mass is 16.5. The average molecular weight is 193 g/mol. The fraction of sp³-hybridized carbons (Fsp3) is 0.455. The zero-order chi connectivity index (χ0) is 9.97. The van der Waals surface area contributed by atoms with E-state index in [0.717, 1.165) is 30.8 Å². The van der Waals surface area contributed by atoms with Gasteiger partial charge in [0.05, 0.1) is 0 Å². The predicted molar refractivity (Wildman–Crippen MR) is 54.7 cm³/mol. The van der Waals surface area contributed by atoms with Crippen LogP contribution in [0, 0.1) is 6.92 Å². The molecule has 1 saturated heterocycles. The molecule has 0 spiro atoms. The Hall–Kier alpha value is -1.22. The number of ether oxygens (including phenoxy) is 1. The van der Waals surface area contributed by atoms with Gasteiger partial charge >= 0.3 is 0 Å². The third kappa shape index (κ3) is 1.99. The number of aromatic hydroxyl groups is 1. The molecule has 1 fully saturated rings. The van der Waals surface area contributed by atoms with E-state index in [2.05, 4.69) is 5.32 Å². The van der Waals surface area contributed by atoms with Crippen molar-refractivity contribution in [2.24, 2.45) is 0 Å². The summed E-state index contributed by atoms with van der Waals surface area (Å²) in [6.07, 6.45) is 1.28. The van der Waals surface area contributed by atoms with E-state index in [9.17, 15) is 5.11 Å². The number of aryl methyl sites for hydroxylation is 1. The topological polar surface area (TPSA) is 41.5 Å². The van der Waals surface area contributed by atoms with Crippen LogP contribution in [-0.2, 0) is 0 Å². The Kier molecular flexibility index (Phi) is 2.59. The SMILES string of the molecule is Cc1ccc(O)cc1OC1CCNC1. The van der Waals surface area contributed by atoms with Crippen molar-refractivity contribution in [1.29, 1.82) is 0 Å². The number of hydrogen-bond acceptors (Lipinski definition) is 3. The molecule has 1 atom stereocenters. The molecule has 14 heavy (non-hydrogen) atoms. The number of phenolic OH excluding ortho intramolecular Hbond substituents is 1. The maximum Gasteiger partial charge on any atom is 0.126 e. The van der Waals surface area contributed by atoms with Crippen LogP contribution in [0.3, 0.4) is 0 Å². The van der Waals surface area contributed by atoms with Crippen LogP contribution in [0.4, 0.5) is 0 Å². The second kappa shape index (κ2) is 3.88. The summed E-state index contributed by atoms with van der Waals surface area (Å²) in [5, 5.41) is 12.6. The van der Waals surface area contributed by atoms with Crippen LogP contribution in [0.25, 0.3) is 0 Å². The first-order valence-electron chi connectivity index (χ1n) is 4.93. The summed E-state index contributed by atoms with van der Waals surface area (Å²) in [5.41, 5.74) is 1.06. The largest absolute Gasteiger partial charge is 0.508 e. The Morgan fingerprint density at radius 2 is 2.36 bits per heavy atom. The number of hydrogen-bond donors (Lipinski definition) is 2. The quantitative estimate of drug-likeness (QED) is 0.746. The van der Waals surface area contributed by atoms with Crippen LogP contribution in [0.15, 0.2) is 18.2 Å². The third-order valence-corrected chi connectivity index (χ3v) is 2.48. The molecular weight excluding hydrogens is 178 g/mol. The molecule has 1 unspecified atom stereocenters. The van der Waals surface area contributed by atoms with E-state index in [0.29, 0.717) is 0 Å². The van der Waals surface area contributed by atoms with E-state index in [1.165, 1.54) is 0 Å². The van der Waals surface area contributed by atoms with Gasteiger partial charge < -0.3 is 15.2 Å². The molecule has 0 saturated carbocycles. The Bertz CT molecular complexity index is 319. The van der Waals surface area contributed by atoms with Crippen LogP contribution in [0.2, 0.25) is 0 Å². The second-order valence-electron chi connectivity index (χ2n) is 3.68. The van der Waals surface area contributed by atoms with E-state index in [1.54, 1.807) is 12.1 Å². The molecule has 3 nitrogen and oxygen atoms in total. The summed E-state index contributed by atoms with van der Waals surface area (Å²) < 4.78 is 5.76. The van der Waals surface area contributed by atoms with E-state index in [4.69, 9.17) is 4.74 Å². The maximum atomic E-state index is 9.32. The summed E-state index contributed by atoms with van der Waals surface area (Å²) in [5.74, 6) is 1.05. The van der Waals surface area contributed by atoms with Crippen molar-refractivity contribution in [2.75, 3.05) is 13.1 Å². The molecular formula is C11H15NO2. The van der Waals surface area contributed by atoms with E-state index < -0.39 is 0 Å². The molecule has 1 heterocycles. The first-order chi connectivity index (χ1) is 6.75. The first kappa shape index (κ1) is 9.34. The number of rotatable bonds is 2. The minimum atomic E-state index is 0.246. The van der Waals surface area contributed by atoms with E-state index in [1.807, 2.05) is 13.0 Å². The highest BCUT2D eigenvalue weighted by molar-refractivity contribution is 5.39. The molecule has 1 aliphatic rings. The van der Waals surface area contributed by atoms with Crippen LogP contribution in [0.5, 0.6) is 11.5 Å². The van der Waals surface area contributed by atoms with Crippen LogP contribution < -0.4 is 10.1 Å². The van der Waals surface area contributed by atoms with Crippen LogP contribution in [0.1, 0.15) is 12.0 Å². The van der Waals surface area contributed by atoms with Crippen molar-refractivity contribution >= 4 is 0 Å². The van der Waals surface area contributed by atoms with Crippen molar-refractivity contribution in [3.05, 3.63) is 23.8 Å². The summed E-state index contributed by atoms with van der Waals surface area (Å²) in [6.45, 7) is 3.90. The molecule has 3 heteroatoms. The summed E-state index contributed by atoms with van der Waals surface area (Å²) in [7, 11) is 0. The van der Waals surface area contributed by atoms with Gasteiger partial charge in [-0.2, -0.15) is 0 Å². The Balaban J connectivity index is 2.10. The maximum absolute atomic E-state index is 9.32. The zero-order valence-electron chi connectivity index (χ0n) is 8.29. The van der Waals surface area contributed by atoms with Crippen molar-refractivity contribution in [2.45, 2.75) is 19.4 Å². The number of nitrogens with one attached hydrogen (secondary N) is 1. The fourth-order valence-electron chi connectivity index (χ4n) is 1.62. The lowest BCUT2D eigenvalue weighted by Gasteiger charge is -2.14. The second-order valence-corrected chi connectivity index (χ2v) is 3.68. The first-order valence-corrected chi connectivity index (χ1v) is 4.93. The van der Waals surface area contributed by atoms with Gasteiger partial charge in [0.25, 0.3) is 0 Å². The molecule has 2 N–H and O–H groups in total. The van der Waals surface area contributed by atoms with Crippen LogP contribution in [-0.4, -0.2) is 24.3 Å². The lowest BCUT2D eigenvalue weighted by molar-refractivity contribution is 0.221. The monoisotopic (exact) mass is 193 g/mol. The molecule has 0 aromatic heterocycles. The van der Waals surface area contributed by atoms with Gasteiger partial charge in [-0.05, 0) is 31.5 Å². The Morgan fingerprint density at radius 3 is 3.07 bits per heavy atom. The van der Waals surface area contributed by atoms with E-state index >= 15 is 0 Å². The van der Waals surface area contributed by atoms with Crippen molar-refractivity contribution < 1.29 is 9.84 Å². The molecule has 1 aromatic rings. The van der Waals surface area contributed by atoms with Gasteiger partial charge in [0.2, 0.25) is 0 Å². The van der Waals surface area contributed by atoms with Crippen molar-refractivity contribution in [3.8, 4) is 11.5 Å². The van der Waals surface area contributed by atoms with Gasteiger partial charge in [-0.1, -0.05) is 6.07 Å². The molecule has 0 amide bonds. The molecule has 1 aromatic carbocycles. The summed E-state index contributed by atoms with van der Waals surface area (Å²) in [4.78, 5) is 0. The molecule has 0 bridgehead atoms. The normalized spacial score (nSPS) is 21.1. The highest BCUT2D eigenvalue weighted by Gasteiger charge is 2.16. The average Bonchev–Trinajstić information content (AvgIpc) is 2.64. The molecule has 76 valence electrons. The van der Waals surface area contributed by atoms with Crippen molar-refractivity contribution in [3.63, 3.8) is 0 Å². The van der Waals surface area contributed by atoms with Gasteiger partial charge in [0, 0.05) is 12.6 Å². The van der Waals surface area contributed by atoms with Crippen LogP contribution >= 0.6 is 0 Å². The standard InChI is InChI=1S/C11H15NO2/c1-8-2-3-9(13)6-11(8)14-10-4-5-12-7-10/h2-3,6,10,12-13H,4-5,7H2,1H3. The van der Waals surface area contributed by atoms with E-state index in [-0.39, 0.29) is 11.9 Å². The number of benzene rings is 1. The fourth-order valence-corrected chi connectivity index (χ4v) is 1.62. The molecule has 2 rings (SSSR count). The molecule has 0 aliphatic carbocycles. The lowest BCUT2D eigenvalue weighted by atomic mass is 10.2. The van der Waals surface area contributed by atoms with Gasteiger partial charge in [0.15, 0.2) is 0 Å². The van der Waals surface area contributed by atoms with Gasteiger partial charge in [-0.15, -0.1) is 0 Å². The predicted octanol–water partition coefficient (Wildman–Crippen LogP) is 1.44. The Morgan fingerprint density at radius 1 is 1.50 bits per heavy atom. The molecule has 0 radical (unpaired) electrons. The minimum Gasteiger partial charge on any atom is -0.508 e. The van der Waals surface area contributed by atoms with Gasteiger partial charge in [-0.25, -0.2) is 0 Å². The Labute approximate surface area is 83.7 Å². The summed E-state index contributed by atoms with van der Waals surface area (Å²) in [6, 6.07) is 5.22. The number of phenols is 1. The third-order valence-electron chi connectivity index (χ3n) is 2.48. The molecule has 1 aliphatic heterocycles. The van der Waals surface area contributed by atoms with Gasteiger partial charge in [0.1, 0.15) is 17.6 Å².